The smallest absolute Gasteiger partial charge is 0.303 e. The van der Waals surface area contributed by atoms with Gasteiger partial charge in [-0.3, -0.25) is 14.4 Å². The molecule has 0 bridgehead atoms. The number of hydrogen-bond donors (Lipinski definition) is 2. The van der Waals surface area contributed by atoms with Crippen molar-refractivity contribution < 1.29 is 14.7 Å². The molecule has 7 nitrogen and oxygen atoms in total. The number of thiophene rings is 1. The Morgan fingerprint density at radius 1 is 1.08 bits per heavy atom. The molecule has 0 fully saturated rings. The first-order valence-electron chi connectivity index (χ1n) is 11.4. The van der Waals surface area contributed by atoms with Crippen molar-refractivity contribution in [3.8, 4) is 10.4 Å². The minimum absolute atomic E-state index is 0.185. The van der Waals surface area contributed by atoms with Crippen molar-refractivity contribution in [1.82, 2.24) is 9.99 Å². The highest BCUT2D eigenvalue weighted by Gasteiger charge is 2.35. The van der Waals surface area contributed by atoms with Gasteiger partial charge >= 0.3 is 5.97 Å². The molecule has 2 aromatic heterocycles. The summed E-state index contributed by atoms with van der Waals surface area (Å²) in [7, 11) is 0. The minimum Gasteiger partial charge on any atom is -0.481 e. The van der Waals surface area contributed by atoms with E-state index in [1.165, 1.54) is 16.3 Å². The van der Waals surface area contributed by atoms with Gasteiger partial charge in [0.05, 0.1) is 28.1 Å². The van der Waals surface area contributed by atoms with Gasteiger partial charge in [-0.05, 0) is 30.7 Å². The number of H-pyrrole nitrogens is 1. The number of aromatic amines is 1. The number of amides is 1. The fraction of sp³-hybridized carbons (Fsp3) is 0.185. The van der Waals surface area contributed by atoms with E-state index in [0.29, 0.717) is 33.1 Å². The predicted octanol–water partition coefficient (Wildman–Crippen LogP) is 5.76. The van der Waals surface area contributed by atoms with Crippen LogP contribution in [0, 0.1) is 6.92 Å². The molecular formula is C27H22ClN3O4S. The summed E-state index contributed by atoms with van der Waals surface area (Å²) in [6, 6.07) is 18.5. The van der Waals surface area contributed by atoms with Gasteiger partial charge in [-0.2, -0.15) is 5.10 Å². The number of aromatic nitrogens is 1. The van der Waals surface area contributed by atoms with Gasteiger partial charge < -0.3 is 10.1 Å². The first kappa shape index (κ1) is 24.0. The van der Waals surface area contributed by atoms with Gasteiger partial charge in [0, 0.05) is 34.2 Å². The lowest BCUT2D eigenvalue weighted by atomic mass is 9.93. The molecule has 36 heavy (non-hydrogen) atoms. The quantitative estimate of drug-likeness (QED) is 0.338. The van der Waals surface area contributed by atoms with E-state index in [9.17, 15) is 14.4 Å². The lowest BCUT2D eigenvalue weighted by molar-refractivity contribution is -0.141. The van der Waals surface area contributed by atoms with Crippen LogP contribution in [-0.2, 0) is 9.59 Å². The van der Waals surface area contributed by atoms with Crippen LogP contribution in [0.1, 0.15) is 42.0 Å². The number of carboxylic acids is 1. The summed E-state index contributed by atoms with van der Waals surface area (Å²) in [5.41, 5.74) is 3.88. The summed E-state index contributed by atoms with van der Waals surface area (Å²) in [4.78, 5) is 41.4. The fourth-order valence-electron chi connectivity index (χ4n) is 4.49. The van der Waals surface area contributed by atoms with Crippen molar-refractivity contribution >= 4 is 51.4 Å². The third-order valence-electron chi connectivity index (χ3n) is 6.21. The molecule has 4 aromatic rings. The number of nitrogens with one attached hydrogen (secondary N) is 1. The van der Waals surface area contributed by atoms with E-state index in [1.807, 2.05) is 61.5 Å². The molecule has 1 aliphatic heterocycles. The Morgan fingerprint density at radius 2 is 1.83 bits per heavy atom. The van der Waals surface area contributed by atoms with E-state index in [0.717, 1.165) is 21.4 Å². The Kier molecular flexibility index (Phi) is 6.47. The number of fused-ring (bicyclic) bond motifs is 1. The van der Waals surface area contributed by atoms with Crippen molar-refractivity contribution in [1.29, 1.82) is 0 Å². The number of rotatable bonds is 6. The van der Waals surface area contributed by atoms with Crippen molar-refractivity contribution in [2.45, 2.75) is 32.2 Å². The van der Waals surface area contributed by atoms with Crippen LogP contribution < -0.4 is 5.56 Å². The van der Waals surface area contributed by atoms with Crippen LogP contribution in [0.2, 0.25) is 4.34 Å². The predicted molar refractivity (Wildman–Crippen MR) is 142 cm³/mol. The van der Waals surface area contributed by atoms with Crippen LogP contribution in [0.4, 0.5) is 0 Å². The van der Waals surface area contributed by atoms with Gasteiger partial charge in [-0.15, -0.1) is 11.3 Å². The number of hydrazone groups is 1. The number of pyridine rings is 1. The topological polar surface area (TPSA) is 103 Å². The van der Waals surface area contributed by atoms with Crippen LogP contribution in [-0.4, -0.2) is 32.7 Å². The number of aliphatic carboxylic acids is 1. The Balaban J connectivity index is 1.67. The molecule has 0 saturated carbocycles. The highest BCUT2D eigenvalue weighted by atomic mass is 35.5. The van der Waals surface area contributed by atoms with Crippen molar-refractivity contribution in [3.63, 3.8) is 0 Å². The summed E-state index contributed by atoms with van der Waals surface area (Å²) in [5.74, 6) is -1.46. The molecule has 3 heterocycles. The fourth-order valence-corrected chi connectivity index (χ4v) is 5.60. The first-order valence-corrected chi connectivity index (χ1v) is 12.6. The molecule has 0 aliphatic carbocycles. The monoisotopic (exact) mass is 519 g/mol. The van der Waals surface area contributed by atoms with Gasteiger partial charge in [0.15, 0.2) is 0 Å². The van der Waals surface area contributed by atoms with Gasteiger partial charge in [-0.1, -0.05) is 59.6 Å². The SMILES string of the molecule is Cc1ccc(C2CC(c3c(-c4ccc(Cl)s4)c4ccccc4[nH]c3=O)=NN2C(=O)CCC(=O)O)cc1. The third kappa shape index (κ3) is 4.57. The normalized spacial score (nSPS) is 15.3. The number of nitrogens with zero attached hydrogens (tertiary/aromatic N) is 2. The lowest BCUT2D eigenvalue weighted by Crippen LogP contribution is -2.27. The van der Waals surface area contributed by atoms with E-state index in [4.69, 9.17) is 16.7 Å². The van der Waals surface area contributed by atoms with Gasteiger partial charge in [0.2, 0.25) is 5.91 Å². The second kappa shape index (κ2) is 9.72. The highest BCUT2D eigenvalue weighted by molar-refractivity contribution is 7.19. The van der Waals surface area contributed by atoms with Crippen LogP contribution >= 0.6 is 22.9 Å². The van der Waals surface area contributed by atoms with Gasteiger partial charge in [0.25, 0.3) is 5.56 Å². The Hall–Kier alpha value is -3.75. The van der Waals surface area contributed by atoms with Gasteiger partial charge in [-0.25, -0.2) is 5.01 Å². The number of benzene rings is 2. The molecule has 1 amide bonds. The summed E-state index contributed by atoms with van der Waals surface area (Å²) >= 11 is 7.62. The lowest BCUT2D eigenvalue weighted by Gasteiger charge is -2.22. The van der Waals surface area contributed by atoms with Crippen LogP contribution in [0.5, 0.6) is 0 Å². The molecular weight excluding hydrogens is 498 g/mol. The molecule has 5 rings (SSSR count). The summed E-state index contributed by atoms with van der Waals surface area (Å²) in [5, 5.41) is 15.9. The molecule has 1 atom stereocenters. The maximum Gasteiger partial charge on any atom is 0.303 e. The van der Waals surface area contributed by atoms with Crippen LogP contribution in [0.25, 0.3) is 21.3 Å². The van der Waals surface area contributed by atoms with Crippen LogP contribution in [0.15, 0.2) is 70.6 Å². The number of aryl methyl sites for hydroxylation is 1. The van der Waals surface area contributed by atoms with Crippen molar-refractivity contribution in [2.24, 2.45) is 5.10 Å². The number of carbonyl (C=O) groups is 2. The zero-order chi connectivity index (χ0) is 25.4. The maximum atomic E-state index is 13.5. The van der Waals surface area contributed by atoms with E-state index in [2.05, 4.69) is 10.1 Å². The number of carbonyl (C=O) groups excluding carboxylic acids is 1. The largest absolute Gasteiger partial charge is 0.481 e. The molecule has 2 aromatic carbocycles. The summed E-state index contributed by atoms with van der Waals surface area (Å²) in [6.07, 6.45) is -0.165. The van der Waals surface area contributed by atoms with E-state index >= 15 is 0 Å². The molecule has 0 saturated heterocycles. The number of para-hydroxylation sites is 1. The molecule has 9 heteroatoms. The molecule has 2 N–H and O–H groups in total. The Morgan fingerprint density at radius 3 is 2.53 bits per heavy atom. The van der Waals surface area contributed by atoms with E-state index in [1.54, 1.807) is 6.07 Å². The number of hydrogen-bond acceptors (Lipinski definition) is 5. The average Bonchev–Trinajstić information content (AvgIpc) is 3.48. The second-order valence-electron chi connectivity index (χ2n) is 8.66. The molecule has 182 valence electrons. The zero-order valence-corrected chi connectivity index (χ0v) is 20.9. The number of halogens is 1. The Labute approximate surface area is 215 Å². The molecule has 0 radical (unpaired) electrons. The zero-order valence-electron chi connectivity index (χ0n) is 19.3. The van der Waals surface area contributed by atoms with Crippen molar-refractivity contribution in [3.05, 3.63) is 92.0 Å². The van der Waals surface area contributed by atoms with E-state index in [-0.39, 0.29) is 18.4 Å². The average molecular weight is 520 g/mol. The number of carboxylic acid groups (broad SMARTS) is 1. The molecule has 1 aliphatic rings. The third-order valence-corrected chi connectivity index (χ3v) is 7.46. The molecule has 0 spiro atoms. The van der Waals surface area contributed by atoms with Gasteiger partial charge in [0.1, 0.15) is 0 Å². The Bertz CT molecular complexity index is 1570. The highest BCUT2D eigenvalue weighted by Crippen LogP contribution is 2.40. The molecule has 1 unspecified atom stereocenters. The van der Waals surface area contributed by atoms with Crippen LogP contribution in [0.3, 0.4) is 0 Å². The maximum absolute atomic E-state index is 13.5. The summed E-state index contributed by atoms with van der Waals surface area (Å²) in [6.45, 7) is 1.98. The minimum atomic E-state index is -1.05. The standard InChI is InChI=1S/C27H22ClN3O4S/c1-15-6-8-16(9-7-15)20-14-19(30-31(20)23(32)12-13-24(33)34)26-25(21-10-11-22(28)36-21)17-4-2-3-5-18(17)29-27(26)35/h2-11,20H,12-14H2,1H3,(H,29,35)(H,33,34). The van der Waals surface area contributed by atoms with E-state index < -0.39 is 17.9 Å². The second-order valence-corrected chi connectivity index (χ2v) is 10.4. The van der Waals surface area contributed by atoms with Crippen molar-refractivity contribution in [2.75, 3.05) is 0 Å². The first-order chi connectivity index (χ1) is 17.3. The summed E-state index contributed by atoms with van der Waals surface area (Å²) < 4.78 is 0.594.